The summed E-state index contributed by atoms with van der Waals surface area (Å²) in [4.78, 5) is 0. The Morgan fingerprint density at radius 2 is 1.73 bits per heavy atom. The highest BCUT2D eigenvalue weighted by Crippen LogP contribution is 2.33. The molecule has 0 aromatic heterocycles. The fraction of sp³-hybridized carbons (Fsp3) is 1.00. The van der Waals surface area contributed by atoms with E-state index in [0.717, 1.165) is 25.9 Å². The summed E-state index contributed by atoms with van der Waals surface area (Å²) in [5.41, 5.74) is 0. The zero-order valence-electron chi connectivity index (χ0n) is 6.85. The topological polar surface area (TPSA) is 12.0 Å². The Bertz CT molecular complexity index is 128. The van der Waals surface area contributed by atoms with Crippen molar-refractivity contribution in [1.29, 1.82) is 0 Å². The van der Waals surface area contributed by atoms with Gasteiger partial charge in [0.15, 0.2) is 0 Å². The molecule has 1 aliphatic carbocycles. The van der Waals surface area contributed by atoms with Gasteiger partial charge < -0.3 is 5.32 Å². The highest BCUT2D eigenvalue weighted by Gasteiger charge is 2.34. The fourth-order valence-electron chi connectivity index (χ4n) is 2.20. The van der Waals surface area contributed by atoms with Crippen molar-refractivity contribution in [1.82, 2.24) is 5.32 Å². The van der Waals surface area contributed by atoms with E-state index in [1.54, 1.807) is 0 Å². The van der Waals surface area contributed by atoms with E-state index in [1.165, 1.54) is 12.8 Å². The van der Waals surface area contributed by atoms with Crippen molar-refractivity contribution in [3.8, 4) is 0 Å². The number of alkyl halides is 1. The van der Waals surface area contributed by atoms with Crippen LogP contribution in [0.1, 0.15) is 25.7 Å². The van der Waals surface area contributed by atoms with E-state index < -0.39 is 6.17 Å². The number of hydrogen-bond donors (Lipinski definition) is 1. The SMILES string of the molecule is FC(C1CCCC1)C1CNC1. The lowest BCUT2D eigenvalue weighted by molar-refractivity contribution is 0.112. The quantitative estimate of drug-likeness (QED) is 0.643. The van der Waals surface area contributed by atoms with Crippen LogP contribution >= 0.6 is 0 Å². The molecule has 11 heavy (non-hydrogen) atoms. The summed E-state index contributed by atoms with van der Waals surface area (Å²) in [5.74, 6) is 0.750. The van der Waals surface area contributed by atoms with Gasteiger partial charge in [-0.05, 0) is 18.8 Å². The molecule has 0 amide bonds. The monoisotopic (exact) mass is 157 g/mol. The van der Waals surface area contributed by atoms with Gasteiger partial charge >= 0.3 is 0 Å². The highest BCUT2D eigenvalue weighted by molar-refractivity contribution is 4.87. The number of halogens is 1. The molecule has 1 saturated carbocycles. The average Bonchev–Trinajstić information content (AvgIpc) is 2.32. The van der Waals surface area contributed by atoms with E-state index in [0.29, 0.717) is 11.8 Å². The summed E-state index contributed by atoms with van der Waals surface area (Å²) >= 11 is 0. The van der Waals surface area contributed by atoms with Gasteiger partial charge in [-0.25, -0.2) is 4.39 Å². The van der Waals surface area contributed by atoms with Gasteiger partial charge in [-0.15, -0.1) is 0 Å². The third-order valence-corrected chi connectivity index (χ3v) is 3.11. The Kier molecular flexibility index (Phi) is 2.12. The molecule has 2 fully saturated rings. The fourth-order valence-corrected chi connectivity index (χ4v) is 2.20. The lowest BCUT2D eigenvalue weighted by Gasteiger charge is -2.33. The molecule has 0 spiro atoms. The van der Waals surface area contributed by atoms with E-state index in [9.17, 15) is 4.39 Å². The van der Waals surface area contributed by atoms with E-state index in [-0.39, 0.29) is 0 Å². The van der Waals surface area contributed by atoms with Crippen LogP contribution in [-0.4, -0.2) is 19.3 Å². The maximum absolute atomic E-state index is 13.5. The minimum atomic E-state index is -0.501. The number of rotatable bonds is 2. The van der Waals surface area contributed by atoms with Crippen molar-refractivity contribution in [3.05, 3.63) is 0 Å². The van der Waals surface area contributed by atoms with Crippen LogP contribution in [0.25, 0.3) is 0 Å². The van der Waals surface area contributed by atoms with Crippen LogP contribution in [0.5, 0.6) is 0 Å². The maximum atomic E-state index is 13.5. The van der Waals surface area contributed by atoms with Gasteiger partial charge in [0.1, 0.15) is 6.17 Å². The smallest absolute Gasteiger partial charge is 0.108 e. The zero-order chi connectivity index (χ0) is 7.68. The Labute approximate surface area is 67.4 Å². The van der Waals surface area contributed by atoms with Crippen molar-refractivity contribution in [3.63, 3.8) is 0 Å². The van der Waals surface area contributed by atoms with E-state index in [4.69, 9.17) is 0 Å². The van der Waals surface area contributed by atoms with Crippen molar-refractivity contribution in [2.24, 2.45) is 11.8 Å². The summed E-state index contributed by atoms with van der Waals surface area (Å²) < 4.78 is 13.5. The maximum Gasteiger partial charge on any atom is 0.108 e. The zero-order valence-corrected chi connectivity index (χ0v) is 6.85. The first-order chi connectivity index (χ1) is 5.38. The van der Waals surface area contributed by atoms with Crippen LogP contribution < -0.4 is 5.32 Å². The third kappa shape index (κ3) is 1.41. The molecule has 64 valence electrons. The Morgan fingerprint density at radius 3 is 2.18 bits per heavy atom. The summed E-state index contributed by atoms with van der Waals surface area (Å²) in [6.07, 6.45) is 4.28. The van der Waals surface area contributed by atoms with Crippen LogP contribution in [0.3, 0.4) is 0 Å². The molecule has 1 unspecified atom stereocenters. The molecular formula is C9H16FN. The average molecular weight is 157 g/mol. The lowest BCUT2D eigenvalue weighted by Crippen LogP contribution is -2.48. The van der Waals surface area contributed by atoms with Crippen LogP contribution in [-0.2, 0) is 0 Å². The van der Waals surface area contributed by atoms with Crippen LogP contribution in [0, 0.1) is 11.8 Å². The predicted octanol–water partition coefficient (Wildman–Crippen LogP) is 1.73. The third-order valence-electron chi connectivity index (χ3n) is 3.11. The van der Waals surface area contributed by atoms with Gasteiger partial charge in [0.2, 0.25) is 0 Å². The molecule has 1 nitrogen and oxygen atoms in total. The normalized spacial score (nSPS) is 30.3. The second-order valence-corrected chi connectivity index (χ2v) is 3.91. The predicted molar refractivity (Wildman–Crippen MR) is 43.2 cm³/mol. The van der Waals surface area contributed by atoms with Crippen LogP contribution in [0.4, 0.5) is 4.39 Å². The molecule has 2 aliphatic rings. The molecule has 0 bridgehead atoms. The first kappa shape index (κ1) is 7.53. The van der Waals surface area contributed by atoms with Crippen LogP contribution in [0.2, 0.25) is 0 Å². The largest absolute Gasteiger partial charge is 0.316 e. The summed E-state index contributed by atoms with van der Waals surface area (Å²) in [6.45, 7) is 1.83. The van der Waals surface area contributed by atoms with Crippen molar-refractivity contribution in [2.75, 3.05) is 13.1 Å². The molecule has 1 heterocycles. The highest BCUT2D eigenvalue weighted by atomic mass is 19.1. The molecule has 0 radical (unpaired) electrons. The molecule has 1 saturated heterocycles. The van der Waals surface area contributed by atoms with Crippen molar-refractivity contribution in [2.45, 2.75) is 31.9 Å². The molecule has 0 aromatic carbocycles. The van der Waals surface area contributed by atoms with Crippen molar-refractivity contribution >= 4 is 0 Å². The lowest BCUT2D eigenvalue weighted by atomic mass is 9.87. The molecule has 1 atom stereocenters. The Morgan fingerprint density at radius 1 is 1.09 bits per heavy atom. The number of hydrogen-bond acceptors (Lipinski definition) is 1. The van der Waals surface area contributed by atoms with E-state index in [1.807, 2.05) is 0 Å². The molecule has 2 heteroatoms. The standard InChI is InChI=1S/C9H16FN/c10-9(8-5-11-6-8)7-3-1-2-4-7/h7-9,11H,1-6H2. The second kappa shape index (κ2) is 3.10. The molecule has 1 N–H and O–H groups in total. The summed E-state index contributed by atoms with van der Waals surface area (Å²) in [7, 11) is 0. The van der Waals surface area contributed by atoms with Gasteiger partial charge in [-0.1, -0.05) is 12.8 Å². The summed E-state index contributed by atoms with van der Waals surface area (Å²) in [5, 5.41) is 3.13. The van der Waals surface area contributed by atoms with Gasteiger partial charge in [0.05, 0.1) is 0 Å². The van der Waals surface area contributed by atoms with Gasteiger partial charge in [0, 0.05) is 19.0 Å². The Balaban J connectivity index is 1.82. The number of nitrogens with one attached hydrogen (secondary N) is 1. The minimum absolute atomic E-state index is 0.345. The molecule has 1 aliphatic heterocycles. The van der Waals surface area contributed by atoms with Gasteiger partial charge in [-0.3, -0.25) is 0 Å². The van der Waals surface area contributed by atoms with E-state index >= 15 is 0 Å². The second-order valence-electron chi connectivity index (χ2n) is 3.91. The Hall–Kier alpha value is -0.110. The first-order valence-electron chi connectivity index (χ1n) is 4.72. The van der Waals surface area contributed by atoms with Gasteiger partial charge in [-0.2, -0.15) is 0 Å². The van der Waals surface area contributed by atoms with Gasteiger partial charge in [0.25, 0.3) is 0 Å². The summed E-state index contributed by atoms with van der Waals surface area (Å²) in [6, 6.07) is 0. The molecule has 2 rings (SSSR count). The van der Waals surface area contributed by atoms with Crippen molar-refractivity contribution < 1.29 is 4.39 Å². The van der Waals surface area contributed by atoms with E-state index in [2.05, 4.69) is 5.32 Å². The minimum Gasteiger partial charge on any atom is -0.316 e. The first-order valence-corrected chi connectivity index (χ1v) is 4.72. The molecule has 0 aromatic rings. The molecular weight excluding hydrogens is 141 g/mol. The van der Waals surface area contributed by atoms with Crippen LogP contribution in [0.15, 0.2) is 0 Å².